The Morgan fingerprint density at radius 3 is 0.759 bits per heavy atom. The summed E-state index contributed by atoms with van der Waals surface area (Å²) in [7, 11) is 0. The van der Waals surface area contributed by atoms with E-state index in [1.54, 1.807) is 27.7 Å². The van der Waals surface area contributed by atoms with Crippen LogP contribution < -0.4 is 0 Å². The van der Waals surface area contributed by atoms with Crippen LogP contribution in [0.4, 0.5) is 0 Å². The Bertz CT molecular complexity index is 2410. The molecule has 0 aliphatic carbocycles. The van der Waals surface area contributed by atoms with Gasteiger partial charge in [-0.2, -0.15) is 0 Å². The first-order valence-corrected chi connectivity index (χ1v) is 27.5. The van der Waals surface area contributed by atoms with Crippen LogP contribution in [0.3, 0.4) is 0 Å². The number of carbonyl (C=O) groups is 6. The second kappa shape index (κ2) is 27.8. The lowest BCUT2D eigenvalue weighted by molar-refractivity contribution is -0.240. The third-order valence-corrected chi connectivity index (χ3v) is 14.7. The van der Waals surface area contributed by atoms with Crippen LogP contribution in [-0.4, -0.2) is 142 Å². The van der Waals surface area contributed by atoms with E-state index in [9.17, 15) is 28.8 Å². The lowest BCUT2D eigenvalue weighted by atomic mass is 9.89. The van der Waals surface area contributed by atoms with Crippen molar-refractivity contribution in [3.63, 3.8) is 0 Å². The number of hydrogen-bond donors (Lipinski definition) is 0. The lowest BCUT2D eigenvalue weighted by Crippen LogP contribution is -2.48. The van der Waals surface area contributed by atoms with Crippen molar-refractivity contribution in [1.29, 1.82) is 0 Å². The van der Waals surface area contributed by atoms with Gasteiger partial charge in [-0.25, -0.2) is 0 Å². The summed E-state index contributed by atoms with van der Waals surface area (Å²) in [6.07, 6.45) is -2.76. The van der Waals surface area contributed by atoms with Crippen LogP contribution in [0, 0.1) is 32.5 Å². The van der Waals surface area contributed by atoms with Gasteiger partial charge < -0.3 is 71.1 Å². The van der Waals surface area contributed by atoms with Crippen molar-refractivity contribution in [2.24, 2.45) is 32.5 Å². The van der Waals surface area contributed by atoms with Crippen molar-refractivity contribution in [3.8, 4) is 0 Å². The molecule has 0 amide bonds. The summed E-state index contributed by atoms with van der Waals surface area (Å²) in [6.45, 7) is 5.79. The van der Waals surface area contributed by atoms with Gasteiger partial charge in [0.2, 0.25) is 0 Å². The fraction of sp³-hybridized carbons (Fsp3) is 0.516. The van der Waals surface area contributed by atoms with Gasteiger partial charge in [-0.1, -0.05) is 121 Å². The first kappa shape index (κ1) is 62.4. The lowest BCUT2D eigenvalue weighted by Gasteiger charge is -2.37. The molecule has 448 valence electrons. The normalized spacial score (nSPS) is 27.7. The Balaban J connectivity index is 0.841. The summed E-state index contributed by atoms with van der Waals surface area (Å²) in [5, 5.41) is 0. The first-order valence-electron chi connectivity index (χ1n) is 27.5. The van der Waals surface area contributed by atoms with Crippen molar-refractivity contribution >= 4 is 35.8 Å². The number of rotatable bonds is 24. The highest BCUT2D eigenvalue weighted by atomic mass is 16.7. The third-order valence-electron chi connectivity index (χ3n) is 14.7. The molecule has 0 atom stereocenters. The van der Waals surface area contributed by atoms with Gasteiger partial charge in [0.15, 0.2) is 25.2 Å². The van der Waals surface area contributed by atoms with Crippen molar-refractivity contribution in [3.05, 3.63) is 144 Å². The smallest absolute Gasteiger partial charge is 0.318 e. The fourth-order valence-corrected chi connectivity index (χ4v) is 8.87. The van der Waals surface area contributed by atoms with Gasteiger partial charge in [-0.3, -0.25) is 28.8 Å². The number of hydrogen-bond acceptors (Lipinski definition) is 21. The summed E-state index contributed by atoms with van der Waals surface area (Å²) in [5.41, 5.74) is -5.31. The number of benzene rings is 4. The van der Waals surface area contributed by atoms with E-state index in [0.717, 1.165) is 22.3 Å². The Morgan fingerprint density at radius 2 is 0.554 bits per heavy atom. The molecule has 0 aromatic heterocycles. The van der Waals surface area contributed by atoms with Gasteiger partial charge in [0.25, 0.3) is 0 Å². The van der Waals surface area contributed by atoms with Gasteiger partial charge in [0.1, 0.15) is 72.1 Å². The molecule has 4 fully saturated rings. The molecule has 4 saturated heterocycles. The summed E-state index contributed by atoms with van der Waals surface area (Å²) < 4.78 is 87.2. The standard InChI is InChI=1S/C62H74O21/c1-57(31-72-47(73-32-57)43-19-11-7-12-20-43)53(65)80-39-61(5,40-81-54(66)58(2)33-74-48(75-34-58)44-21-13-8-14-22-44)51(63)70-29-27-69-28-30-71-52(64)62(6,41-82-55(67)59(3)35-76-49(77-36-59)45-23-15-9-16-24-45)42-83-56(68)60(4)37-78-50(79-38-60)46-25-17-10-18-26-46/h7-26,47-50H,27-42H2,1-6H3. The molecule has 4 aliphatic rings. The maximum absolute atomic E-state index is 14.0. The molecule has 0 spiro atoms. The van der Waals surface area contributed by atoms with Crippen LogP contribution in [0.5, 0.6) is 0 Å². The van der Waals surface area contributed by atoms with Crippen LogP contribution in [0.1, 0.15) is 89.0 Å². The zero-order valence-corrected chi connectivity index (χ0v) is 47.7. The molecule has 4 aliphatic heterocycles. The molecule has 8 rings (SSSR count). The topological polar surface area (TPSA) is 241 Å². The van der Waals surface area contributed by atoms with Crippen LogP contribution in [0.2, 0.25) is 0 Å². The SMILES string of the molecule is CC(COC(=O)C1(C)COC(c2ccccc2)OC1)(COC(=O)C1(C)COC(c2ccccc2)OC1)C(=O)OCCOCCOC(=O)C(C)(COC(=O)C1(C)COC(c2ccccc2)OC1)COC(=O)C1(C)COC(c2ccccc2)OC1. The molecule has 0 saturated carbocycles. The molecule has 83 heavy (non-hydrogen) atoms. The van der Waals surface area contributed by atoms with Gasteiger partial charge in [0.05, 0.1) is 66.1 Å². The number of carbonyl (C=O) groups excluding carboxylic acids is 6. The van der Waals surface area contributed by atoms with E-state index in [2.05, 4.69) is 0 Å². The molecule has 4 aromatic rings. The van der Waals surface area contributed by atoms with E-state index < -0.39 is 120 Å². The van der Waals surface area contributed by atoms with E-state index in [0.29, 0.717) is 0 Å². The van der Waals surface area contributed by atoms with Crippen LogP contribution in [0.25, 0.3) is 0 Å². The van der Waals surface area contributed by atoms with Crippen molar-refractivity contribution in [2.45, 2.75) is 66.7 Å². The predicted octanol–water partition coefficient (Wildman–Crippen LogP) is 7.28. The maximum atomic E-state index is 14.0. The highest BCUT2D eigenvalue weighted by molar-refractivity contribution is 5.82. The number of ether oxygens (including phenoxy) is 15. The van der Waals surface area contributed by atoms with Crippen LogP contribution in [0.15, 0.2) is 121 Å². The quantitative estimate of drug-likeness (QED) is 0.0380. The minimum absolute atomic E-state index is 0.0422. The molecule has 4 heterocycles. The monoisotopic (exact) mass is 1150 g/mol. The van der Waals surface area contributed by atoms with Gasteiger partial charge >= 0.3 is 35.8 Å². The zero-order valence-electron chi connectivity index (χ0n) is 47.7. The van der Waals surface area contributed by atoms with E-state index >= 15 is 0 Å². The molecule has 0 N–H and O–H groups in total. The fourth-order valence-electron chi connectivity index (χ4n) is 8.87. The average Bonchev–Trinajstić information content (AvgIpc) is 3.63. The molecule has 4 aromatic carbocycles. The van der Waals surface area contributed by atoms with E-state index in [1.807, 2.05) is 121 Å². The van der Waals surface area contributed by atoms with Gasteiger partial charge in [0, 0.05) is 22.3 Å². The minimum Gasteiger partial charge on any atom is -0.464 e. The largest absolute Gasteiger partial charge is 0.464 e. The minimum atomic E-state index is -1.73. The highest BCUT2D eigenvalue weighted by Gasteiger charge is 2.49. The van der Waals surface area contributed by atoms with Crippen molar-refractivity contribution in [2.75, 3.05) is 106 Å². The second-order valence-electron chi connectivity index (χ2n) is 23.0. The molecule has 0 bridgehead atoms. The molecule has 0 radical (unpaired) electrons. The van der Waals surface area contributed by atoms with E-state index in [-0.39, 0.29) is 79.3 Å². The summed E-state index contributed by atoms with van der Waals surface area (Å²) in [6, 6.07) is 37.0. The van der Waals surface area contributed by atoms with E-state index in [4.69, 9.17) is 71.1 Å². The molecule has 21 heteroatoms. The maximum Gasteiger partial charge on any atom is 0.318 e. The van der Waals surface area contributed by atoms with Gasteiger partial charge in [-0.05, 0) is 41.5 Å². The summed E-state index contributed by atoms with van der Waals surface area (Å²) in [5.74, 6) is -4.62. The third kappa shape index (κ3) is 16.0. The Morgan fingerprint density at radius 1 is 0.349 bits per heavy atom. The zero-order chi connectivity index (χ0) is 59.1. The van der Waals surface area contributed by atoms with Crippen molar-refractivity contribution < 1.29 is 99.8 Å². The van der Waals surface area contributed by atoms with Crippen molar-refractivity contribution in [1.82, 2.24) is 0 Å². The highest BCUT2D eigenvalue weighted by Crippen LogP contribution is 2.38. The van der Waals surface area contributed by atoms with Crippen LogP contribution in [-0.2, 0) is 99.8 Å². The first-order chi connectivity index (χ1) is 39.8. The predicted molar refractivity (Wildman–Crippen MR) is 290 cm³/mol. The molecule has 21 nitrogen and oxygen atoms in total. The number of esters is 6. The Hall–Kier alpha value is -6.66. The Kier molecular flexibility index (Phi) is 20.9. The summed E-state index contributed by atoms with van der Waals surface area (Å²) >= 11 is 0. The van der Waals surface area contributed by atoms with Gasteiger partial charge in [-0.15, -0.1) is 0 Å². The second-order valence-corrected chi connectivity index (χ2v) is 23.0. The summed E-state index contributed by atoms with van der Waals surface area (Å²) in [4.78, 5) is 82.7. The van der Waals surface area contributed by atoms with E-state index in [1.165, 1.54) is 13.8 Å². The molecular weight excluding hydrogens is 1080 g/mol. The van der Waals surface area contributed by atoms with Crippen LogP contribution >= 0.6 is 0 Å². The Labute approximate surface area is 482 Å². The molecule has 0 unspecified atom stereocenters. The average molecular weight is 1160 g/mol. The molecular formula is C62H74O21.